The molecule has 0 saturated carbocycles. The summed E-state index contributed by atoms with van der Waals surface area (Å²) in [4.78, 5) is 23.4. The van der Waals surface area contributed by atoms with Gasteiger partial charge in [-0.15, -0.1) is 0 Å². The van der Waals surface area contributed by atoms with Gasteiger partial charge in [0.05, 0.1) is 0 Å². The Balaban J connectivity index is 2.61. The molecule has 0 spiro atoms. The fourth-order valence-corrected chi connectivity index (χ4v) is 1.51. The highest BCUT2D eigenvalue weighted by Gasteiger charge is 2.27. The van der Waals surface area contributed by atoms with Gasteiger partial charge in [-0.2, -0.15) is 0 Å². The molecule has 18 heavy (non-hydrogen) atoms. The molecule has 1 saturated heterocycles. The summed E-state index contributed by atoms with van der Waals surface area (Å²) in [7, 11) is 0. The fraction of sp³-hybridized carbons (Fsp3) is 0.538. The Morgan fingerprint density at radius 3 is 2.61 bits per heavy atom. The van der Waals surface area contributed by atoms with E-state index in [0.29, 0.717) is 18.5 Å². The standard InChI is InChI=1S/C13H20N2O3/c1-8-6-7-10(11(16)14-9(8)2)15-12(17)18-13(3,4)5/h10H,1-2,6-7H2,3-5H3,(H,14,16)(H,15,17)/t10-/m0/s1. The predicted octanol–water partition coefficient (Wildman–Crippen LogP) is 1.86. The molecule has 0 bridgehead atoms. The van der Waals surface area contributed by atoms with Gasteiger partial charge in [-0.05, 0) is 39.2 Å². The summed E-state index contributed by atoms with van der Waals surface area (Å²) in [5.74, 6) is -0.287. The zero-order chi connectivity index (χ0) is 13.9. The van der Waals surface area contributed by atoms with E-state index in [1.54, 1.807) is 20.8 Å². The van der Waals surface area contributed by atoms with E-state index in [0.717, 1.165) is 5.57 Å². The monoisotopic (exact) mass is 252 g/mol. The second-order valence-corrected chi connectivity index (χ2v) is 5.31. The van der Waals surface area contributed by atoms with Crippen molar-refractivity contribution in [3.8, 4) is 0 Å². The first-order valence-electron chi connectivity index (χ1n) is 5.86. The van der Waals surface area contributed by atoms with Gasteiger partial charge in [0.2, 0.25) is 5.91 Å². The quantitative estimate of drug-likeness (QED) is 0.748. The van der Waals surface area contributed by atoms with E-state index in [2.05, 4.69) is 23.8 Å². The molecule has 5 nitrogen and oxygen atoms in total. The molecule has 2 amide bonds. The van der Waals surface area contributed by atoms with Gasteiger partial charge in [0, 0.05) is 5.70 Å². The van der Waals surface area contributed by atoms with Gasteiger partial charge in [0.25, 0.3) is 0 Å². The fourth-order valence-electron chi connectivity index (χ4n) is 1.51. The van der Waals surface area contributed by atoms with E-state index < -0.39 is 17.7 Å². The van der Waals surface area contributed by atoms with Gasteiger partial charge in [-0.25, -0.2) is 4.79 Å². The number of rotatable bonds is 1. The third-order valence-electron chi connectivity index (χ3n) is 2.44. The molecule has 1 atom stereocenters. The molecule has 0 radical (unpaired) electrons. The van der Waals surface area contributed by atoms with Crippen molar-refractivity contribution in [3.05, 3.63) is 24.4 Å². The van der Waals surface area contributed by atoms with Crippen LogP contribution in [0.2, 0.25) is 0 Å². The molecule has 1 aliphatic heterocycles. The Morgan fingerprint density at radius 1 is 1.44 bits per heavy atom. The number of carbonyl (C=O) groups excluding carboxylic acids is 2. The van der Waals surface area contributed by atoms with Gasteiger partial charge in [0.15, 0.2) is 0 Å². The second-order valence-electron chi connectivity index (χ2n) is 5.31. The number of carbonyl (C=O) groups is 2. The zero-order valence-corrected chi connectivity index (χ0v) is 11.1. The smallest absolute Gasteiger partial charge is 0.408 e. The minimum Gasteiger partial charge on any atom is -0.444 e. The minimum absolute atomic E-state index is 0.287. The normalized spacial score (nSPS) is 21.1. The van der Waals surface area contributed by atoms with Crippen LogP contribution in [0.15, 0.2) is 24.4 Å². The van der Waals surface area contributed by atoms with Crippen LogP contribution in [0.3, 0.4) is 0 Å². The van der Waals surface area contributed by atoms with Crippen LogP contribution in [0.5, 0.6) is 0 Å². The van der Waals surface area contributed by atoms with Crippen LogP contribution in [-0.4, -0.2) is 23.6 Å². The summed E-state index contributed by atoms with van der Waals surface area (Å²) in [6.45, 7) is 12.8. The molecule has 0 aromatic carbocycles. The van der Waals surface area contributed by atoms with Crippen LogP contribution in [0.25, 0.3) is 0 Å². The molecule has 1 rings (SSSR count). The molecule has 2 N–H and O–H groups in total. The Hall–Kier alpha value is -1.78. The first kappa shape index (κ1) is 14.3. The van der Waals surface area contributed by atoms with E-state index in [-0.39, 0.29) is 5.91 Å². The van der Waals surface area contributed by atoms with Gasteiger partial charge in [-0.3, -0.25) is 4.79 Å². The van der Waals surface area contributed by atoms with E-state index in [9.17, 15) is 9.59 Å². The zero-order valence-electron chi connectivity index (χ0n) is 11.1. The first-order chi connectivity index (χ1) is 8.19. The molecule has 0 aromatic rings. The van der Waals surface area contributed by atoms with Gasteiger partial charge in [0.1, 0.15) is 11.6 Å². The first-order valence-corrected chi connectivity index (χ1v) is 5.86. The topological polar surface area (TPSA) is 67.4 Å². The average molecular weight is 252 g/mol. The van der Waals surface area contributed by atoms with Crippen molar-refractivity contribution in [1.82, 2.24) is 10.6 Å². The summed E-state index contributed by atoms with van der Waals surface area (Å²) in [5.41, 5.74) is 0.698. The Labute approximate surface area is 107 Å². The predicted molar refractivity (Wildman–Crippen MR) is 68.8 cm³/mol. The van der Waals surface area contributed by atoms with Crippen LogP contribution in [-0.2, 0) is 9.53 Å². The molecule has 1 heterocycles. The molecular weight excluding hydrogens is 232 g/mol. The van der Waals surface area contributed by atoms with Crippen molar-refractivity contribution in [3.63, 3.8) is 0 Å². The summed E-state index contributed by atoms with van der Waals surface area (Å²) in [6, 6.07) is -0.615. The van der Waals surface area contributed by atoms with E-state index in [4.69, 9.17) is 4.74 Å². The maximum atomic E-state index is 11.8. The lowest BCUT2D eigenvalue weighted by atomic mass is 10.1. The van der Waals surface area contributed by atoms with Gasteiger partial charge < -0.3 is 15.4 Å². The number of ether oxygens (including phenoxy) is 1. The summed E-state index contributed by atoms with van der Waals surface area (Å²) in [6.07, 6.45) is 0.502. The molecule has 0 unspecified atom stereocenters. The Bertz CT molecular complexity index is 394. The number of amides is 2. The maximum absolute atomic E-state index is 11.8. The molecule has 0 aliphatic carbocycles. The summed E-state index contributed by atoms with van der Waals surface area (Å²) in [5, 5.41) is 5.16. The van der Waals surface area contributed by atoms with Crippen molar-refractivity contribution in [2.75, 3.05) is 0 Å². The third-order valence-corrected chi connectivity index (χ3v) is 2.44. The van der Waals surface area contributed by atoms with Crippen LogP contribution >= 0.6 is 0 Å². The highest BCUT2D eigenvalue weighted by atomic mass is 16.6. The van der Waals surface area contributed by atoms with Crippen molar-refractivity contribution in [2.45, 2.75) is 45.3 Å². The molecule has 5 heteroatoms. The molecule has 1 fully saturated rings. The lowest BCUT2D eigenvalue weighted by Gasteiger charge is -2.22. The average Bonchev–Trinajstić information content (AvgIpc) is 2.29. The summed E-state index contributed by atoms with van der Waals surface area (Å²) >= 11 is 0. The molecule has 0 aromatic heterocycles. The van der Waals surface area contributed by atoms with E-state index in [1.165, 1.54) is 0 Å². The lowest BCUT2D eigenvalue weighted by Crippen LogP contribution is -2.46. The van der Waals surface area contributed by atoms with E-state index in [1.807, 2.05) is 0 Å². The molecule has 100 valence electrons. The van der Waals surface area contributed by atoms with Crippen LogP contribution in [0.4, 0.5) is 4.79 Å². The van der Waals surface area contributed by atoms with E-state index >= 15 is 0 Å². The highest BCUT2D eigenvalue weighted by molar-refractivity contribution is 5.87. The number of hydrogen-bond donors (Lipinski definition) is 2. The Morgan fingerprint density at radius 2 is 2.06 bits per heavy atom. The van der Waals surface area contributed by atoms with Crippen molar-refractivity contribution < 1.29 is 14.3 Å². The van der Waals surface area contributed by atoms with Gasteiger partial charge in [-0.1, -0.05) is 13.2 Å². The number of nitrogens with one attached hydrogen (secondary N) is 2. The molecular formula is C13H20N2O3. The largest absolute Gasteiger partial charge is 0.444 e. The second kappa shape index (κ2) is 5.25. The molecule has 1 aliphatic rings. The maximum Gasteiger partial charge on any atom is 0.408 e. The number of alkyl carbamates (subject to hydrolysis) is 1. The highest BCUT2D eigenvalue weighted by Crippen LogP contribution is 2.16. The number of allylic oxidation sites excluding steroid dienone is 1. The van der Waals surface area contributed by atoms with Crippen LogP contribution in [0, 0.1) is 0 Å². The third kappa shape index (κ3) is 4.24. The lowest BCUT2D eigenvalue weighted by molar-refractivity contribution is -0.122. The van der Waals surface area contributed by atoms with Crippen molar-refractivity contribution in [1.29, 1.82) is 0 Å². The van der Waals surface area contributed by atoms with Gasteiger partial charge >= 0.3 is 6.09 Å². The minimum atomic E-state index is -0.615. The Kier molecular flexibility index (Phi) is 4.16. The van der Waals surface area contributed by atoms with Crippen molar-refractivity contribution >= 4 is 12.0 Å². The van der Waals surface area contributed by atoms with Crippen molar-refractivity contribution in [2.24, 2.45) is 0 Å². The number of hydrogen-bond acceptors (Lipinski definition) is 3. The summed E-state index contributed by atoms with van der Waals surface area (Å²) < 4.78 is 5.11. The van der Waals surface area contributed by atoms with Crippen LogP contribution in [0.1, 0.15) is 33.6 Å². The van der Waals surface area contributed by atoms with Crippen LogP contribution < -0.4 is 10.6 Å². The SMILES string of the molecule is C=C1CC[C@H](NC(=O)OC(C)(C)C)C(=O)NC1=C.